The number of ketones is 1. The van der Waals surface area contributed by atoms with E-state index >= 15 is 0 Å². The Bertz CT molecular complexity index is 311. The van der Waals surface area contributed by atoms with E-state index in [-0.39, 0.29) is 5.92 Å². The first-order chi connectivity index (χ1) is 6.79. The van der Waals surface area contributed by atoms with E-state index in [2.05, 4.69) is 6.92 Å². The molecule has 1 nitrogen and oxygen atoms in total. The second-order valence-corrected chi connectivity index (χ2v) is 4.21. The van der Waals surface area contributed by atoms with Crippen LogP contribution in [0.15, 0.2) is 30.3 Å². The Balaban J connectivity index is 2.07. The van der Waals surface area contributed by atoms with Gasteiger partial charge in [0, 0.05) is 11.5 Å². The Kier molecular flexibility index (Phi) is 2.67. The molecule has 1 aromatic carbocycles. The van der Waals surface area contributed by atoms with Crippen molar-refractivity contribution >= 4 is 5.78 Å². The summed E-state index contributed by atoms with van der Waals surface area (Å²) in [5.41, 5.74) is 0.868. The highest BCUT2D eigenvalue weighted by atomic mass is 16.1. The van der Waals surface area contributed by atoms with Gasteiger partial charge in [0.25, 0.3) is 0 Å². The van der Waals surface area contributed by atoms with E-state index in [1.54, 1.807) is 0 Å². The summed E-state index contributed by atoms with van der Waals surface area (Å²) in [5.74, 6) is 1.17. The molecule has 0 radical (unpaired) electrons. The van der Waals surface area contributed by atoms with Crippen LogP contribution in [0.3, 0.4) is 0 Å². The second-order valence-electron chi connectivity index (χ2n) is 4.21. The first-order valence-corrected chi connectivity index (χ1v) is 5.38. The maximum absolute atomic E-state index is 12.0. The first-order valence-electron chi connectivity index (χ1n) is 5.38. The summed E-state index contributed by atoms with van der Waals surface area (Å²) >= 11 is 0. The summed E-state index contributed by atoms with van der Waals surface area (Å²) < 4.78 is 0. The number of benzene rings is 1. The molecule has 0 spiro atoms. The largest absolute Gasteiger partial charge is 0.294 e. The summed E-state index contributed by atoms with van der Waals surface area (Å²) in [7, 11) is 0. The van der Waals surface area contributed by atoms with Gasteiger partial charge in [0.05, 0.1) is 0 Å². The average molecular weight is 188 g/mol. The van der Waals surface area contributed by atoms with E-state index in [4.69, 9.17) is 0 Å². The third-order valence-electron chi connectivity index (χ3n) is 3.33. The monoisotopic (exact) mass is 188 g/mol. The zero-order valence-corrected chi connectivity index (χ0v) is 8.57. The maximum Gasteiger partial charge on any atom is 0.165 e. The minimum Gasteiger partial charge on any atom is -0.294 e. The molecule has 1 heteroatoms. The summed E-state index contributed by atoms with van der Waals surface area (Å²) in [6.45, 7) is 2.07. The van der Waals surface area contributed by atoms with Crippen molar-refractivity contribution in [1.82, 2.24) is 0 Å². The molecule has 0 amide bonds. The third-order valence-corrected chi connectivity index (χ3v) is 3.33. The zero-order chi connectivity index (χ0) is 9.97. The van der Waals surface area contributed by atoms with Crippen molar-refractivity contribution in [3.05, 3.63) is 35.9 Å². The Hall–Kier alpha value is -1.11. The minimum atomic E-state index is 0.214. The fourth-order valence-corrected chi connectivity index (χ4v) is 2.02. The molecule has 0 aromatic heterocycles. The van der Waals surface area contributed by atoms with E-state index in [1.165, 1.54) is 19.3 Å². The molecule has 1 saturated carbocycles. The molecule has 0 aliphatic heterocycles. The van der Waals surface area contributed by atoms with Crippen LogP contribution >= 0.6 is 0 Å². The van der Waals surface area contributed by atoms with Gasteiger partial charge < -0.3 is 0 Å². The van der Waals surface area contributed by atoms with Gasteiger partial charge in [-0.25, -0.2) is 0 Å². The van der Waals surface area contributed by atoms with E-state index in [0.29, 0.717) is 11.7 Å². The van der Waals surface area contributed by atoms with Crippen LogP contribution in [0.1, 0.15) is 36.5 Å². The smallest absolute Gasteiger partial charge is 0.165 e. The molecular formula is C13H16O. The molecule has 0 bridgehead atoms. The number of rotatable bonds is 3. The zero-order valence-electron chi connectivity index (χ0n) is 8.57. The van der Waals surface area contributed by atoms with Gasteiger partial charge in [-0.15, -0.1) is 0 Å². The van der Waals surface area contributed by atoms with Crippen LogP contribution in [0.5, 0.6) is 0 Å². The van der Waals surface area contributed by atoms with E-state index < -0.39 is 0 Å². The van der Waals surface area contributed by atoms with Gasteiger partial charge in [0.2, 0.25) is 0 Å². The Labute approximate surface area is 85.1 Å². The predicted octanol–water partition coefficient (Wildman–Crippen LogP) is 3.31. The molecule has 14 heavy (non-hydrogen) atoms. The second kappa shape index (κ2) is 3.95. The lowest BCUT2D eigenvalue weighted by Crippen LogP contribution is -2.26. The molecule has 2 rings (SSSR count). The molecule has 1 aliphatic carbocycles. The van der Waals surface area contributed by atoms with Crippen molar-refractivity contribution in [2.24, 2.45) is 11.8 Å². The van der Waals surface area contributed by atoms with E-state index in [0.717, 1.165) is 5.56 Å². The third kappa shape index (κ3) is 1.72. The van der Waals surface area contributed by atoms with Gasteiger partial charge in [-0.3, -0.25) is 4.79 Å². The molecule has 1 aromatic rings. The van der Waals surface area contributed by atoms with Gasteiger partial charge in [-0.1, -0.05) is 43.7 Å². The summed E-state index contributed by atoms with van der Waals surface area (Å²) in [6.07, 6.45) is 3.77. The predicted molar refractivity (Wildman–Crippen MR) is 57.3 cm³/mol. The van der Waals surface area contributed by atoms with Crippen LogP contribution in [0.2, 0.25) is 0 Å². The first kappa shape index (κ1) is 9.45. The van der Waals surface area contributed by atoms with E-state index in [1.807, 2.05) is 30.3 Å². The average Bonchev–Trinajstić information content (AvgIpc) is 2.15. The molecule has 0 unspecified atom stereocenters. The summed E-state index contributed by atoms with van der Waals surface area (Å²) in [6, 6.07) is 9.64. The van der Waals surface area contributed by atoms with Crippen molar-refractivity contribution in [2.75, 3.05) is 0 Å². The fraction of sp³-hybridized carbons (Fsp3) is 0.462. The normalized spacial score (nSPS) is 18.6. The molecule has 1 aliphatic rings. The van der Waals surface area contributed by atoms with Crippen LogP contribution < -0.4 is 0 Å². The molecule has 0 N–H and O–H groups in total. The van der Waals surface area contributed by atoms with Crippen LogP contribution in [0.25, 0.3) is 0 Å². The highest BCUT2D eigenvalue weighted by Crippen LogP contribution is 2.34. The highest BCUT2D eigenvalue weighted by molar-refractivity contribution is 5.97. The Morgan fingerprint density at radius 1 is 1.29 bits per heavy atom. The Morgan fingerprint density at radius 2 is 1.93 bits per heavy atom. The van der Waals surface area contributed by atoms with Crippen LogP contribution in [0, 0.1) is 11.8 Å². The summed E-state index contributed by atoms with van der Waals surface area (Å²) in [4.78, 5) is 12.0. The van der Waals surface area contributed by atoms with Crippen molar-refractivity contribution in [1.29, 1.82) is 0 Å². The van der Waals surface area contributed by atoms with Crippen LogP contribution in [0.4, 0.5) is 0 Å². The lowest BCUT2D eigenvalue weighted by atomic mass is 9.74. The number of Topliss-reactive ketones (excluding diaryl/α,β-unsaturated/α-hetero) is 1. The fourth-order valence-electron chi connectivity index (χ4n) is 2.02. The standard InChI is InChI=1S/C13H16O/c1-10(11-8-5-9-11)13(14)12-6-3-2-4-7-12/h2-4,6-7,10-11H,5,8-9H2,1H3/t10-/m1/s1. The molecule has 1 fully saturated rings. The van der Waals surface area contributed by atoms with Crippen molar-refractivity contribution in [2.45, 2.75) is 26.2 Å². The number of hydrogen-bond acceptors (Lipinski definition) is 1. The lowest BCUT2D eigenvalue weighted by Gasteiger charge is -2.30. The van der Waals surface area contributed by atoms with E-state index in [9.17, 15) is 4.79 Å². The van der Waals surface area contributed by atoms with Gasteiger partial charge >= 0.3 is 0 Å². The Morgan fingerprint density at radius 3 is 2.43 bits per heavy atom. The molecule has 0 saturated heterocycles. The number of carbonyl (C=O) groups excluding carboxylic acids is 1. The van der Waals surface area contributed by atoms with Crippen molar-refractivity contribution < 1.29 is 4.79 Å². The van der Waals surface area contributed by atoms with Crippen LogP contribution in [-0.4, -0.2) is 5.78 Å². The molecule has 1 atom stereocenters. The maximum atomic E-state index is 12.0. The SMILES string of the molecule is C[C@@H](C(=O)c1ccccc1)C1CCC1. The molecular weight excluding hydrogens is 172 g/mol. The van der Waals surface area contributed by atoms with Gasteiger partial charge in [-0.05, 0) is 18.8 Å². The van der Waals surface area contributed by atoms with Crippen molar-refractivity contribution in [3.8, 4) is 0 Å². The molecule has 74 valence electrons. The van der Waals surface area contributed by atoms with Crippen molar-refractivity contribution in [3.63, 3.8) is 0 Å². The van der Waals surface area contributed by atoms with Gasteiger partial charge in [-0.2, -0.15) is 0 Å². The summed E-state index contributed by atoms with van der Waals surface area (Å²) in [5, 5.41) is 0. The van der Waals surface area contributed by atoms with Gasteiger partial charge in [0.15, 0.2) is 5.78 Å². The lowest BCUT2D eigenvalue weighted by molar-refractivity contribution is 0.0834. The quantitative estimate of drug-likeness (QED) is 0.665. The number of hydrogen-bond donors (Lipinski definition) is 0. The topological polar surface area (TPSA) is 17.1 Å². The highest BCUT2D eigenvalue weighted by Gasteiger charge is 2.29. The van der Waals surface area contributed by atoms with Crippen LogP contribution in [-0.2, 0) is 0 Å². The number of carbonyl (C=O) groups is 1. The molecule has 0 heterocycles. The minimum absolute atomic E-state index is 0.214. The van der Waals surface area contributed by atoms with Gasteiger partial charge in [0.1, 0.15) is 0 Å².